The molecule has 3 aromatic rings. The maximum atomic E-state index is 12.5. The van der Waals surface area contributed by atoms with Gasteiger partial charge in [0, 0.05) is 11.1 Å². The lowest BCUT2D eigenvalue weighted by atomic mass is 10.2. The molecule has 146 valence electrons. The molecule has 1 amide bonds. The number of hydrogen-bond donors (Lipinski definition) is 2. The van der Waals surface area contributed by atoms with Gasteiger partial charge < -0.3 is 10.3 Å². The van der Waals surface area contributed by atoms with Gasteiger partial charge >= 0.3 is 0 Å². The van der Waals surface area contributed by atoms with E-state index in [0.717, 1.165) is 25.7 Å². The Labute approximate surface area is 170 Å². The predicted molar refractivity (Wildman–Crippen MR) is 110 cm³/mol. The molecule has 7 nitrogen and oxygen atoms in total. The third-order valence-electron chi connectivity index (χ3n) is 4.83. The number of halogens is 1. The van der Waals surface area contributed by atoms with Crippen LogP contribution in [0.25, 0.3) is 16.7 Å². The molecule has 1 aliphatic carbocycles. The molecule has 2 aromatic heterocycles. The average Bonchev–Trinajstić information content (AvgIpc) is 3.31. The number of aromatic amines is 1. The normalized spacial score (nSPS) is 15.8. The molecule has 2 N–H and O–H groups in total. The number of aromatic nitrogens is 4. The number of carbonyl (C=O) groups is 1. The molecule has 0 bridgehead atoms. The largest absolute Gasteiger partial charge is 0.352 e. The van der Waals surface area contributed by atoms with Gasteiger partial charge in [0.25, 0.3) is 5.56 Å². The van der Waals surface area contributed by atoms with Gasteiger partial charge in [-0.2, -0.15) is 5.10 Å². The minimum atomic E-state index is -0.372. The zero-order valence-corrected chi connectivity index (χ0v) is 16.9. The fraction of sp³-hybridized carbons (Fsp3) is 0.368. The Hall–Kier alpha value is -2.32. The van der Waals surface area contributed by atoms with Crippen LogP contribution in [0.5, 0.6) is 0 Å². The number of thioether (sulfide) groups is 1. The van der Waals surface area contributed by atoms with E-state index in [1.165, 1.54) is 18.0 Å². The van der Waals surface area contributed by atoms with Crippen molar-refractivity contribution in [3.63, 3.8) is 0 Å². The molecule has 1 atom stereocenters. The average molecular weight is 418 g/mol. The van der Waals surface area contributed by atoms with Gasteiger partial charge in [0.2, 0.25) is 5.91 Å². The second-order valence-electron chi connectivity index (χ2n) is 6.89. The highest BCUT2D eigenvalue weighted by molar-refractivity contribution is 8.00. The molecule has 0 unspecified atom stereocenters. The summed E-state index contributed by atoms with van der Waals surface area (Å²) >= 11 is 7.30. The SMILES string of the molecule is C[C@H](Sc1nc2c(cnn2-c2cccc(Cl)c2)c(=O)[nH]1)C(=O)NC1CCCC1. The molecule has 4 rings (SSSR count). The standard InChI is InChI=1S/C19H20ClN5O2S/c1-11(17(26)22-13-6-2-3-7-13)28-19-23-16-15(18(27)24-19)10-21-25(16)14-8-4-5-12(20)9-14/h4-5,8-11,13H,2-3,6-7H2,1H3,(H,22,26)(H,23,24,27)/t11-/m0/s1. The third kappa shape index (κ3) is 3.93. The molecule has 0 aliphatic heterocycles. The van der Waals surface area contributed by atoms with Crippen LogP contribution in [0.15, 0.2) is 40.4 Å². The Morgan fingerprint density at radius 3 is 2.93 bits per heavy atom. The number of nitrogens with zero attached hydrogens (tertiary/aromatic N) is 3. The van der Waals surface area contributed by atoms with Gasteiger partial charge in [-0.05, 0) is 38.0 Å². The first-order valence-corrected chi connectivity index (χ1v) is 10.5. The highest BCUT2D eigenvalue weighted by Gasteiger charge is 2.22. The Bertz CT molecular complexity index is 1070. The van der Waals surface area contributed by atoms with Crippen LogP contribution in [0.1, 0.15) is 32.6 Å². The van der Waals surface area contributed by atoms with E-state index >= 15 is 0 Å². The van der Waals surface area contributed by atoms with E-state index in [2.05, 4.69) is 20.4 Å². The number of benzene rings is 1. The van der Waals surface area contributed by atoms with Crippen LogP contribution < -0.4 is 10.9 Å². The van der Waals surface area contributed by atoms with Gasteiger partial charge in [-0.15, -0.1) is 0 Å². The van der Waals surface area contributed by atoms with Gasteiger partial charge in [0.15, 0.2) is 10.8 Å². The summed E-state index contributed by atoms with van der Waals surface area (Å²) in [4.78, 5) is 32.2. The Balaban J connectivity index is 1.60. The first-order valence-electron chi connectivity index (χ1n) is 9.22. The van der Waals surface area contributed by atoms with E-state index in [4.69, 9.17) is 11.6 Å². The van der Waals surface area contributed by atoms with E-state index in [-0.39, 0.29) is 22.8 Å². The zero-order chi connectivity index (χ0) is 19.7. The minimum Gasteiger partial charge on any atom is -0.352 e. The molecule has 9 heteroatoms. The Kier molecular flexibility index (Phi) is 5.41. The first kappa shape index (κ1) is 19.0. The molecule has 2 heterocycles. The van der Waals surface area contributed by atoms with Crippen molar-refractivity contribution in [1.29, 1.82) is 0 Å². The van der Waals surface area contributed by atoms with Crippen molar-refractivity contribution in [1.82, 2.24) is 25.1 Å². The summed E-state index contributed by atoms with van der Waals surface area (Å²) in [6, 6.07) is 7.42. The lowest BCUT2D eigenvalue weighted by molar-refractivity contribution is -0.120. The zero-order valence-electron chi connectivity index (χ0n) is 15.3. The predicted octanol–water partition coefficient (Wildman–Crippen LogP) is 3.30. The summed E-state index contributed by atoms with van der Waals surface area (Å²) in [6.45, 7) is 1.81. The third-order valence-corrected chi connectivity index (χ3v) is 6.05. The molecule has 1 fully saturated rings. The van der Waals surface area contributed by atoms with Crippen molar-refractivity contribution in [3.8, 4) is 5.69 Å². The van der Waals surface area contributed by atoms with Crippen molar-refractivity contribution < 1.29 is 4.79 Å². The topological polar surface area (TPSA) is 92.7 Å². The number of nitrogens with one attached hydrogen (secondary N) is 2. The number of carbonyl (C=O) groups excluding carboxylic acids is 1. The van der Waals surface area contributed by atoms with Crippen molar-refractivity contribution in [2.24, 2.45) is 0 Å². The molecule has 0 radical (unpaired) electrons. The lowest BCUT2D eigenvalue weighted by Crippen LogP contribution is -2.37. The van der Waals surface area contributed by atoms with Gasteiger partial charge in [-0.25, -0.2) is 9.67 Å². The second-order valence-corrected chi connectivity index (χ2v) is 8.66. The number of H-pyrrole nitrogens is 1. The summed E-state index contributed by atoms with van der Waals surface area (Å²) in [6.07, 6.45) is 5.86. The van der Waals surface area contributed by atoms with Crippen molar-refractivity contribution in [2.75, 3.05) is 0 Å². The smallest absolute Gasteiger partial charge is 0.262 e. The van der Waals surface area contributed by atoms with Crippen LogP contribution in [0.3, 0.4) is 0 Å². The van der Waals surface area contributed by atoms with Gasteiger partial charge in [-0.1, -0.05) is 42.3 Å². The van der Waals surface area contributed by atoms with Crippen LogP contribution in [0, 0.1) is 0 Å². The molecule has 28 heavy (non-hydrogen) atoms. The van der Waals surface area contributed by atoms with E-state index in [1.54, 1.807) is 16.8 Å². The van der Waals surface area contributed by atoms with E-state index in [1.807, 2.05) is 19.1 Å². The molecule has 0 saturated heterocycles. The van der Waals surface area contributed by atoms with Crippen molar-refractivity contribution in [2.45, 2.75) is 49.1 Å². The minimum absolute atomic E-state index is 0.0389. The van der Waals surface area contributed by atoms with Gasteiger partial charge in [-0.3, -0.25) is 9.59 Å². The number of rotatable bonds is 5. The monoisotopic (exact) mass is 417 g/mol. The van der Waals surface area contributed by atoms with E-state index < -0.39 is 0 Å². The van der Waals surface area contributed by atoms with Gasteiger partial charge in [0.1, 0.15) is 5.39 Å². The maximum Gasteiger partial charge on any atom is 0.262 e. The summed E-state index contributed by atoms with van der Waals surface area (Å²) < 4.78 is 1.57. The lowest BCUT2D eigenvalue weighted by Gasteiger charge is -2.15. The van der Waals surface area contributed by atoms with Gasteiger partial charge in [0.05, 0.1) is 17.1 Å². The summed E-state index contributed by atoms with van der Waals surface area (Å²) in [7, 11) is 0. The number of hydrogen-bond acceptors (Lipinski definition) is 5. The van der Waals surface area contributed by atoms with Crippen molar-refractivity contribution >= 4 is 40.3 Å². The Morgan fingerprint density at radius 1 is 1.39 bits per heavy atom. The number of amides is 1. The van der Waals surface area contributed by atoms with E-state index in [9.17, 15) is 9.59 Å². The molecule has 1 aliphatic rings. The molecular formula is C19H20ClN5O2S. The van der Waals surface area contributed by atoms with E-state index in [0.29, 0.717) is 26.9 Å². The second kappa shape index (κ2) is 7.97. The van der Waals surface area contributed by atoms with Crippen molar-refractivity contribution in [3.05, 3.63) is 45.8 Å². The fourth-order valence-electron chi connectivity index (χ4n) is 3.36. The fourth-order valence-corrected chi connectivity index (χ4v) is 4.35. The molecule has 1 aromatic carbocycles. The summed E-state index contributed by atoms with van der Waals surface area (Å²) in [5.41, 5.74) is 0.852. The van der Waals surface area contributed by atoms with Crippen LogP contribution in [-0.4, -0.2) is 36.9 Å². The summed E-state index contributed by atoms with van der Waals surface area (Å²) in [5, 5.41) is 8.32. The molecule has 1 saturated carbocycles. The molecule has 0 spiro atoms. The Morgan fingerprint density at radius 2 is 2.18 bits per heavy atom. The van der Waals surface area contributed by atoms with Crippen LogP contribution in [0.4, 0.5) is 0 Å². The van der Waals surface area contributed by atoms with Crippen LogP contribution >= 0.6 is 23.4 Å². The van der Waals surface area contributed by atoms with Crippen LogP contribution in [0.2, 0.25) is 5.02 Å². The number of fused-ring (bicyclic) bond motifs is 1. The van der Waals surface area contributed by atoms with Crippen LogP contribution in [-0.2, 0) is 4.79 Å². The summed E-state index contributed by atoms with van der Waals surface area (Å²) in [5.74, 6) is -0.0389. The highest BCUT2D eigenvalue weighted by Crippen LogP contribution is 2.24. The highest BCUT2D eigenvalue weighted by atomic mass is 35.5. The molecular weight excluding hydrogens is 398 g/mol. The quantitative estimate of drug-likeness (QED) is 0.490. The first-order chi connectivity index (χ1) is 13.5. The maximum absolute atomic E-state index is 12.5.